The van der Waals surface area contributed by atoms with Crippen LogP contribution in [0.5, 0.6) is 11.6 Å². The third-order valence-electron chi connectivity index (χ3n) is 4.11. The van der Waals surface area contributed by atoms with Gasteiger partial charge in [-0.2, -0.15) is 4.98 Å². The van der Waals surface area contributed by atoms with Crippen molar-refractivity contribution < 1.29 is 23.4 Å². The number of amides is 1. The van der Waals surface area contributed by atoms with Crippen LogP contribution < -0.4 is 14.8 Å². The number of carbonyl (C=O) groups excluding carboxylic acids is 1. The third-order valence-corrected chi connectivity index (χ3v) is 4.37. The SMILES string of the molecule is COc1nc(Nc2ccc(C3CN(C=O)CCO3)cc2OCCF)ncc1Cl. The Bertz CT molecular complexity index is 826. The number of methoxy groups -OCH3 is 1. The van der Waals surface area contributed by atoms with Gasteiger partial charge in [0.1, 0.15) is 30.2 Å². The summed E-state index contributed by atoms with van der Waals surface area (Å²) in [4.78, 5) is 21.0. The van der Waals surface area contributed by atoms with E-state index in [4.69, 9.17) is 25.8 Å². The van der Waals surface area contributed by atoms with E-state index in [-0.39, 0.29) is 29.6 Å². The highest BCUT2D eigenvalue weighted by molar-refractivity contribution is 6.31. The van der Waals surface area contributed by atoms with Crippen LogP contribution >= 0.6 is 11.6 Å². The average molecular weight is 411 g/mol. The van der Waals surface area contributed by atoms with Gasteiger partial charge in [0, 0.05) is 6.54 Å². The molecule has 8 nitrogen and oxygen atoms in total. The fraction of sp³-hybridized carbons (Fsp3) is 0.389. The van der Waals surface area contributed by atoms with Crippen molar-refractivity contribution in [3.05, 3.63) is 35.0 Å². The lowest BCUT2D eigenvalue weighted by Crippen LogP contribution is -2.37. The highest BCUT2D eigenvalue weighted by Gasteiger charge is 2.22. The van der Waals surface area contributed by atoms with Crippen LogP contribution in [0.15, 0.2) is 24.4 Å². The van der Waals surface area contributed by atoms with Crippen molar-refractivity contribution in [1.82, 2.24) is 14.9 Å². The van der Waals surface area contributed by atoms with Crippen LogP contribution in [0.25, 0.3) is 0 Å². The van der Waals surface area contributed by atoms with Crippen LogP contribution in [0.2, 0.25) is 5.02 Å². The molecule has 3 rings (SSSR count). The number of halogens is 2. The van der Waals surface area contributed by atoms with Crippen molar-refractivity contribution in [1.29, 1.82) is 0 Å². The molecule has 0 saturated carbocycles. The molecule has 1 aliphatic heterocycles. The van der Waals surface area contributed by atoms with Crippen LogP contribution in [-0.4, -0.2) is 61.4 Å². The molecular formula is C18H20ClFN4O4. The van der Waals surface area contributed by atoms with E-state index in [1.807, 2.05) is 6.07 Å². The Kier molecular flexibility index (Phi) is 6.83. The molecule has 1 unspecified atom stereocenters. The second kappa shape index (κ2) is 9.52. The lowest BCUT2D eigenvalue weighted by molar-refractivity contribution is -0.125. The number of nitrogens with zero attached hydrogens (tertiary/aromatic N) is 3. The largest absolute Gasteiger partial charge is 0.489 e. The van der Waals surface area contributed by atoms with Crippen molar-refractivity contribution in [2.24, 2.45) is 0 Å². The van der Waals surface area contributed by atoms with Gasteiger partial charge in [0.05, 0.1) is 32.1 Å². The molecule has 1 atom stereocenters. The van der Waals surface area contributed by atoms with E-state index in [0.29, 0.717) is 31.1 Å². The lowest BCUT2D eigenvalue weighted by Gasteiger charge is -2.30. The maximum Gasteiger partial charge on any atom is 0.237 e. The number of anilines is 2. The summed E-state index contributed by atoms with van der Waals surface area (Å²) in [6, 6.07) is 5.36. The summed E-state index contributed by atoms with van der Waals surface area (Å²) in [5.74, 6) is 0.895. The summed E-state index contributed by atoms with van der Waals surface area (Å²) in [6.07, 6.45) is 1.93. The lowest BCUT2D eigenvalue weighted by atomic mass is 10.1. The van der Waals surface area contributed by atoms with E-state index < -0.39 is 6.67 Å². The molecule has 2 aromatic rings. The van der Waals surface area contributed by atoms with E-state index in [9.17, 15) is 9.18 Å². The Labute approximate surface area is 166 Å². The van der Waals surface area contributed by atoms with Gasteiger partial charge in [-0.1, -0.05) is 17.7 Å². The summed E-state index contributed by atoms with van der Waals surface area (Å²) >= 11 is 5.94. The number of morpholine rings is 1. The van der Waals surface area contributed by atoms with Gasteiger partial charge in [0.25, 0.3) is 0 Å². The Morgan fingerprint density at radius 3 is 3.11 bits per heavy atom. The molecule has 1 saturated heterocycles. The van der Waals surface area contributed by atoms with Crippen LogP contribution in [0.1, 0.15) is 11.7 Å². The third kappa shape index (κ3) is 4.79. The first kappa shape index (κ1) is 20.1. The molecular weight excluding hydrogens is 391 g/mol. The number of aromatic nitrogens is 2. The minimum absolute atomic E-state index is 0.102. The molecule has 0 aliphatic carbocycles. The van der Waals surface area contributed by atoms with Crippen molar-refractivity contribution in [2.75, 3.05) is 45.4 Å². The smallest absolute Gasteiger partial charge is 0.237 e. The number of carbonyl (C=O) groups is 1. The number of nitrogens with one attached hydrogen (secondary N) is 1. The molecule has 0 radical (unpaired) electrons. The van der Waals surface area contributed by atoms with Crippen molar-refractivity contribution in [3.8, 4) is 11.6 Å². The standard InChI is InChI=1S/C18H20ClFN4O4/c1-26-17-13(19)9-21-18(23-17)22-14-3-2-12(8-15(14)27-6-4-20)16-10-24(11-25)5-7-28-16/h2-3,8-9,11,16H,4-7,10H2,1H3,(H,21,22,23). The summed E-state index contributed by atoms with van der Waals surface area (Å²) in [5.41, 5.74) is 1.37. The van der Waals surface area contributed by atoms with Crippen LogP contribution in [0.3, 0.4) is 0 Å². The molecule has 0 bridgehead atoms. The first-order valence-electron chi connectivity index (χ1n) is 8.61. The summed E-state index contributed by atoms with van der Waals surface area (Å²) in [6.45, 7) is 0.710. The number of ether oxygens (including phenoxy) is 3. The molecule has 150 valence electrons. The van der Waals surface area contributed by atoms with Crippen molar-refractivity contribution in [2.45, 2.75) is 6.10 Å². The van der Waals surface area contributed by atoms with Crippen LogP contribution in [0.4, 0.5) is 16.0 Å². The van der Waals surface area contributed by atoms with Gasteiger partial charge in [-0.15, -0.1) is 0 Å². The van der Waals surface area contributed by atoms with E-state index >= 15 is 0 Å². The van der Waals surface area contributed by atoms with E-state index in [2.05, 4.69) is 15.3 Å². The summed E-state index contributed by atoms with van der Waals surface area (Å²) in [7, 11) is 1.45. The van der Waals surface area contributed by atoms with Gasteiger partial charge in [-0.25, -0.2) is 9.37 Å². The average Bonchev–Trinajstić information content (AvgIpc) is 2.74. The molecule has 1 fully saturated rings. The number of hydrogen-bond acceptors (Lipinski definition) is 7. The second-order valence-electron chi connectivity index (χ2n) is 5.93. The fourth-order valence-corrected chi connectivity index (χ4v) is 2.92. The molecule has 1 N–H and O–H groups in total. The van der Waals surface area contributed by atoms with E-state index in [0.717, 1.165) is 12.0 Å². The Hall–Kier alpha value is -2.65. The number of hydrogen-bond donors (Lipinski definition) is 1. The van der Waals surface area contributed by atoms with Crippen LogP contribution in [-0.2, 0) is 9.53 Å². The van der Waals surface area contributed by atoms with Gasteiger partial charge in [0.2, 0.25) is 18.2 Å². The quantitative estimate of drug-likeness (QED) is 0.669. The zero-order valence-electron chi connectivity index (χ0n) is 15.2. The zero-order chi connectivity index (χ0) is 19.9. The highest BCUT2D eigenvalue weighted by Crippen LogP contribution is 2.33. The molecule has 1 aromatic carbocycles. The topological polar surface area (TPSA) is 85.8 Å². The molecule has 2 heterocycles. The maximum absolute atomic E-state index is 12.7. The minimum atomic E-state index is -0.631. The van der Waals surface area contributed by atoms with Gasteiger partial charge in [-0.05, 0) is 17.7 Å². The minimum Gasteiger partial charge on any atom is -0.489 e. The van der Waals surface area contributed by atoms with Gasteiger partial charge in [0.15, 0.2) is 0 Å². The molecule has 10 heteroatoms. The monoisotopic (exact) mass is 410 g/mol. The van der Waals surface area contributed by atoms with Crippen molar-refractivity contribution in [3.63, 3.8) is 0 Å². The first-order valence-corrected chi connectivity index (χ1v) is 8.99. The highest BCUT2D eigenvalue weighted by atomic mass is 35.5. The summed E-state index contributed by atoms with van der Waals surface area (Å²) < 4.78 is 29.0. The predicted molar refractivity (Wildman–Crippen MR) is 101 cm³/mol. The zero-order valence-corrected chi connectivity index (χ0v) is 16.0. The Balaban J connectivity index is 1.85. The molecule has 1 aliphatic rings. The molecule has 0 spiro atoms. The van der Waals surface area contributed by atoms with Gasteiger partial charge < -0.3 is 24.4 Å². The second-order valence-corrected chi connectivity index (χ2v) is 6.34. The van der Waals surface area contributed by atoms with E-state index in [1.165, 1.54) is 13.3 Å². The predicted octanol–water partition coefficient (Wildman–Crippen LogP) is 2.76. The Morgan fingerprint density at radius 1 is 1.50 bits per heavy atom. The van der Waals surface area contributed by atoms with Crippen LogP contribution in [0, 0.1) is 0 Å². The van der Waals surface area contributed by atoms with Gasteiger partial charge in [-0.3, -0.25) is 4.79 Å². The molecule has 1 amide bonds. The normalized spacial score (nSPS) is 16.5. The first-order chi connectivity index (χ1) is 13.6. The number of rotatable bonds is 8. The molecule has 28 heavy (non-hydrogen) atoms. The van der Waals surface area contributed by atoms with Gasteiger partial charge >= 0.3 is 0 Å². The number of alkyl halides is 1. The Morgan fingerprint density at radius 2 is 2.36 bits per heavy atom. The van der Waals surface area contributed by atoms with Crippen molar-refractivity contribution >= 4 is 29.6 Å². The summed E-state index contributed by atoms with van der Waals surface area (Å²) in [5, 5.41) is 3.30. The molecule has 1 aromatic heterocycles. The number of benzene rings is 1. The fourth-order valence-electron chi connectivity index (χ4n) is 2.75. The maximum atomic E-state index is 12.7. The van der Waals surface area contributed by atoms with E-state index in [1.54, 1.807) is 17.0 Å².